The van der Waals surface area contributed by atoms with E-state index in [9.17, 15) is 9.59 Å². The van der Waals surface area contributed by atoms with E-state index >= 15 is 0 Å². The number of nitrogens with one attached hydrogen (secondary N) is 2. The van der Waals surface area contributed by atoms with Gasteiger partial charge in [0.1, 0.15) is 0 Å². The number of rotatable bonds is 5. The SMILES string of the molecule is CNC(C)CNC(=O)c1nn(C(C)C)c(=O)c2ccccc12. The number of fused-ring (bicyclic) bond motifs is 1. The maximum Gasteiger partial charge on any atom is 0.274 e. The molecule has 0 fully saturated rings. The Morgan fingerprint density at radius 3 is 2.45 bits per heavy atom. The number of benzene rings is 1. The van der Waals surface area contributed by atoms with Gasteiger partial charge >= 0.3 is 0 Å². The molecule has 0 aliphatic heterocycles. The van der Waals surface area contributed by atoms with Crippen molar-refractivity contribution in [3.8, 4) is 0 Å². The fourth-order valence-electron chi connectivity index (χ4n) is 2.16. The molecule has 2 N–H and O–H groups in total. The van der Waals surface area contributed by atoms with Crippen molar-refractivity contribution in [3.63, 3.8) is 0 Å². The molecule has 1 unspecified atom stereocenters. The van der Waals surface area contributed by atoms with E-state index in [1.54, 1.807) is 24.3 Å². The Balaban J connectivity index is 2.50. The van der Waals surface area contributed by atoms with Crippen molar-refractivity contribution < 1.29 is 4.79 Å². The van der Waals surface area contributed by atoms with E-state index in [2.05, 4.69) is 15.7 Å². The average Bonchev–Trinajstić information content (AvgIpc) is 2.52. The fourth-order valence-corrected chi connectivity index (χ4v) is 2.16. The molecule has 6 nitrogen and oxygen atoms in total. The summed E-state index contributed by atoms with van der Waals surface area (Å²) in [6.07, 6.45) is 0. The van der Waals surface area contributed by atoms with Crippen molar-refractivity contribution in [1.29, 1.82) is 0 Å². The number of amides is 1. The molecule has 0 aliphatic carbocycles. The molecule has 6 heteroatoms. The van der Waals surface area contributed by atoms with E-state index in [1.807, 2.05) is 27.8 Å². The molecule has 2 aromatic rings. The first-order valence-electron chi connectivity index (χ1n) is 7.42. The predicted molar refractivity (Wildman–Crippen MR) is 87.2 cm³/mol. The lowest BCUT2D eigenvalue weighted by Crippen LogP contribution is -2.38. The molecule has 118 valence electrons. The molecule has 0 bridgehead atoms. The third-order valence-electron chi connectivity index (χ3n) is 3.59. The van der Waals surface area contributed by atoms with Crippen LogP contribution in [0.15, 0.2) is 29.1 Å². The van der Waals surface area contributed by atoms with Gasteiger partial charge in [-0.1, -0.05) is 18.2 Å². The van der Waals surface area contributed by atoms with Gasteiger partial charge in [0.05, 0.1) is 11.4 Å². The average molecular weight is 302 g/mol. The number of hydrogen-bond acceptors (Lipinski definition) is 4. The highest BCUT2D eigenvalue weighted by atomic mass is 16.2. The zero-order chi connectivity index (χ0) is 16.3. The van der Waals surface area contributed by atoms with Crippen molar-refractivity contribution in [2.45, 2.75) is 32.9 Å². The summed E-state index contributed by atoms with van der Waals surface area (Å²) >= 11 is 0. The lowest BCUT2D eigenvalue weighted by Gasteiger charge is -2.15. The molecule has 2 rings (SSSR count). The van der Waals surface area contributed by atoms with Crippen molar-refractivity contribution >= 4 is 16.7 Å². The predicted octanol–water partition coefficient (Wildman–Crippen LogP) is 1.32. The van der Waals surface area contributed by atoms with Crippen LogP contribution in [0.4, 0.5) is 0 Å². The zero-order valence-electron chi connectivity index (χ0n) is 13.4. The van der Waals surface area contributed by atoms with Crippen LogP contribution in [0.2, 0.25) is 0 Å². The molecule has 22 heavy (non-hydrogen) atoms. The standard InChI is InChI=1S/C16H22N4O2/c1-10(2)20-16(22)13-8-6-5-7-12(13)14(19-20)15(21)18-9-11(3)17-4/h5-8,10-11,17H,9H2,1-4H3,(H,18,21). The quantitative estimate of drug-likeness (QED) is 0.873. The Morgan fingerprint density at radius 1 is 1.23 bits per heavy atom. The number of hydrogen-bond donors (Lipinski definition) is 2. The first-order valence-corrected chi connectivity index (χ1v) is 7.42. The van der Waals surface area contributed by atoms with Crippen LogP contribution < -0.4 is 16.2 Å². The summed E-state index contributed by atoms with van der Waals surface area (Å²) in [6, 6.07) is 7.12. The number of carbonyl (C=O) groups excluding carboxylic acids is 1. The van der Waals surface area contributed by atoms with Crippen LogP contribution in [-0.2, 0) is 0 Å². The Kier molecular flexibility index (Phi) is 4.92. The van der Waals surface area contributed by atoms with E-state index < -0.39 is 0 Å². The second-order valence-electron chi connectivity index (χ2n) is 5.64. The topological polar surface area (TPSA) is 76.0 Å². The lowest BCUT2D eigenvalue weighted by molar-refractivity contribution is 0.0944. The van der Waals surface area contributed by atoms with Crippen LogP contribution in [0.25, 0.3) is 10.8 Å². The highest BCUT2D eigenvalue weighted by Gasteiger charge is 2.17. The van der Waals surface area contributed by atoms with Crippen LogP contribution in [0.5, 0.6) is 0 Å². The Morgan fingerprint density at radius 2 is 1.86 bits per heavy atom. The third kappa shape index (κ3) is 3.17. The minimum atomic E-state index is -0.271. The number of carbonyl (C=O) groups is 1. The Labute approximate surface area is 129 Å². The second kappa shape index (κ2) is 6.70. The largest absolute Gasteiger partial charge is 0.349 e. The summed E-state index contributed by atoms with van der Waals surface area (Å²) in [4.78, 5) is 24.9. The first kappa shape index (κ1) is 16.2. The summed E-state index contributed by atoms with van der Waals surface area (Å²) in [5, 5.41) is 11.3. The van der Waals surface area contributed by atoms with E-state index in [-0.39, 0.29) is 29.2 Å². The highest BCUT2D eigenvalue weighted by Crippen LogP contribution is 2.14. The van der Waals surface area contributed by atoms with E-state index in [1.165, 1.54) is 4.68 Å². The molecule has 0 saturated heterocycles. The third-order valence-corrected chi connectivity index (χ3v) is 3.59. The molecular formula is C16H22N4O2. The smallest absolute Gasteiger partial charge is 0.274 e. The molecule has 0 saturated carbocycles. The van der Waals surface area contributed by atoms with Gasteiger partial charge in [0.2, 0.25) is 0 Å². The minimum absolute atomic E-state index is 0.111. The Hall–Kier alpha value is -2.21. The molecule has 0 aliphatic rings. The number of likely N-dealkylation sites (N-methyl/N-ethyl adjacent to an activating group) is 1. The number of nitrogens with zero attached hydrogens (tertiary/aromatic N) is 2. The van der Waals surface area contributed by atoms with E-state index in [0.717, 1.165) is 0 Å². The molecule has 0 radical (unpaired) electrons. The van der Waals surface area contributed by atoms with Gasteiger partial charge in [-0.05, 0) is 33.9 Å². The summed E-state index contributed by atoms with van der Waals surface area (Å²) in [6.45, 7) is 6.20. The van der Waals surface area contributed by atoms with Gasteiger partial charge in [-0.2, -0.15) is 5.10 Å². The summed E-state index contributed by atoms with van der Waals surface area (Å²) in [7, 11) is 1.84. The molecule has 1 amide bonds. The normalized spacial score (nSPS) is 12.6. The molecule has 0 spiro atoms. The van der Waals surface area contributed by atoms with E-state index in [4.69, 9.17) is 0 Å². The van der Waals surface area contributed by atoms with Gasteiger partial charge in [-0.3, -0.25) is 9.59 Å². The second-order valence-corrected chi connectivity index (χ2v) is 5.64. The first-order chi connectivity index (χ1) is 10.5. The van der Waals surface area contributed by atoms with Crippen molar-refractivity contribution in [2.24, 2.45) is 0 Å². The van der Waals surface area contributed by atoms with Crippen LogP contribution in [0, 0.1) is 0 Å². The van der Waals surface area contributed by atoms with Crippen LogP contribution in [0.1, 0.15) is 37.3 Å². The maximum absolute atomic E-state index is 12.4. The van der Waals surface area contributed by atoms with E-state index in [0.29, 0.717) is 17.3 Å². The van der Waals surface area contributed by atoms with Gasteiger partial charge in [-0.15, -0.1) is 0 Å². The molecule has 1 atom stereocenters. The van der Waals surface area contributed by atoms with Crippen molar-refractivity contribution in [2.75, 3.05) is 13.6 Å². The van der Waals surface area contributed by atoms with Gasteiger partial charge in [0.25, 0.3) is 11.5 Å². The van der Waals surface area contributed by atoms with Crippen LogP contribution in [0.3, 0.4) is 0 Å². The summed E-state index contributed by atoms with van der Waals surface area (Å²) < 4.78 is 1.36. The summed E-state index contributed by atoms with van der Waals surface area (Å²) in [5.74, 6) is -0.271. The van der Waals surface area contributed by atoms with Gasteiger partial charge in [0, 0.05) is 18.0 Å². The fraction of sp³-hybridized carbons (Fsp3) is 0.438. The molecule has 1 heterocycles. The summed E-state index contributed by atoms with van der Waals surface area (Å²) in [5.41, 5.74) is 0.109. The van der Waals surface area contributed by atoms with Crippen molar-refractivity contribution in [3.05, 3.63) is 40.3 Å². The zero-order valence-corrected chi connectivity index (χ0v) is 13.4. The van der Waals surface area contributed by atoms with Gasteiger partial charge < -0.3 is 10.6 Å². The van der Waals surface area contributed by atoms with Crippen molar-refractivity contribution in [1.82, 2.24) is 20.4 Å². The molecule has 1 aromatic carbocycles. The molecule has 1 aromatic heterocycles. The number of aromatic nitrogens is 2. The van der Waals surface area contributed by atoms with Gasteiger partial charge in [-0.25, -0.2) is 4.68 Å². The van der Waals surface area contributed by atoms with Gasteiger partial charge in [0.15, 0.2) is 5.69 Å². The minimum Gasteiger partial charge on any atom is -0.349 e. The monoisotopic (exact) mass is 302 g/mol. The van der Waals surface area contributed by atoms with Crippen LogP contribution in [-0.4, -0.2) is 35.3 Å². The highest BCUT2D eigenvalue weighted by molar-refractivity contribution is 6.04. The van der Waals surface area contributed by atoms with Crippen LogP contribution >= 0.6 is 0 Å². The molecular weight excluding hydrogens is 280 g/mol. The lowest BCUT2D eigenvalue weighted by atomic mass is 10.1. The Bertz CT molecular complexity index is 736. The maximum atomic E-state index is 12.4.